The van der Waals surface area contributed by atoms with E-state index in [0.29, 0.717) is 5.56 Å². The molecule has 1 atom stereocenters. The first-order valence-corrected chi connectivity index (χ1v) is 5.14. The van der Waals surface area contributed by atoms with E-state index in [2.05, 4.69) is 4.74 Å². The maximum absolute atomic E-state index is 11.2. The number of carbonyl (C=O) groups excluding carboxylic acids is 1. The number of nitro benzene ring substituents is 1. The second-order valence-electron chi connectivity index (χ2n) is 3.60. The highest BCUT2D eigenvalue weighted by atomic mass is 16.6. The smallest absolute Gasteiger partial charge is 0.322 e. The molecule has 7 heteroatoms. The van der Waals surface area contributed by atoms with Crippen LogP contribution in [0.2, 0.25) is 0 Å². The van der Waals surface area contributed by atoms with Crippen molar-refractivity contribution in [2.24, 2.45) is 5.73 Å². The molecule has 0 aliphatic rings. The van der Waals surface area contributed by atoms with Gasteiger partial charge in [0.25, 0.3) is 0 Å². The summed E-state index contributed by atoms with van der Waals surface area (Å²) in [5.41, 5.74) is 5.99. The minimum atomic E-state index is -0.844. The number of carbonyl (C=O) groups is 1. The van der Waals surface area contributed by atoms with Gasteiger partial charge in [0.05, 0.1) is 19.1 Å². The summed E-state index contributed by atoms with van der Waals surface area (Å²) in [6.45, 7) is 0. The zero-order chi connectivity index (χ0) is 13.7. The quantitative estimate of drug-likeness (QED) is 0.470. The fraction of sp³-hybridized carbons (Fsp3) is 0.364. The van der Waals surface area contributed by atoms with E-state index < -0.39 is 16.9 Å². The summed E-state index contributed by atoms with van der Waals surface area (Å²) in [6.07, 6.45) is 0.164. The van der Waals surface area contributed by atoms with Gasteiger partial charge in [0.2, 0.25) is 0 Å². The van der Waals surface area contributed by atoms with Crippen LogP contribution in [0.4, 0.5) is 5.69 Å². The Kier molecular flexibility index (Phi) is 4.61. The van der Waals surface area contributed by atoms with Gasteiger partial charge in [-0.3, -0.25) is 14.9 Å². The second-order valence-corrected chi connectivity index (χ2v) is 3.60. The van der Waals surface area contributed by atoms with Crippen molar-refractivity contribution in [2.75, 3.05) is 14.2 Å². The van der Waals surface area contributed by atoms with Crippen molar-refractivity contribution in [3.8, 4) is 5.75 Å². The maximum atomic E-state index is 11.2. The zero-order valence-corrected chi connectivity index (χ0v) is 10.1. The van der Waals surface area contributed by atoms with E-state index in [1.165, 1.54) is 26.4 Å². The summed E-state index contributed by atoms with van der Waals surface area (Å²) in [5, 5.41) is 10.8. The molecule has 1 rings (SSSR count). The third kappa shape index (κ3) is 3.17. The molecule has 0 amide bonds. The van der Waals surface area contributed by atoms with Gasteiger partial charge in [-0.05, 0) is 18.1 Å². The van der Waals surface area contributed by atoms with E-state index >= 15 is 0 Å². The standard InChI is InChI=1S/C11H14N2O5/c1-17-10-4-3-7(6-9(10)13(15)16)5-8(12)11(14)18-2/h3-4,6,8H,5,12H2,1-2H3/t8-/m0/s1. The van der Waals surface area contributed by atoms with Crippen LogP contribution >= 0.6 is 0 Å². The highest BCUT2D eigenvalue weighted by Gasteiger charge is 2.19. The molecule has 0 aliphatic heterocycles. The topological polar surface area (TPSA) is 105 Å². The number of hydrogen-bond acceptors (Lipinski definition) is 6. The molecular formula is C11H14N2O5. The molecule has 18 heavy (non-hydrogen) atoms. The van der Waals surface area contributed by atoms with Gasteiger partial charge >= 0.3 is 11.7 Å². The van der Waals surface area contributed by atoms with Gasteiger partial charge in [0.1, 0.15) is 6.04 Å². The van der Waals surface area contributed by atoms with Crippen LogP contribution in [0.1, 0.15) is 5.56 Å². The van der Waals surface area contributed by atoms with Crippen molar-refractivity contribution in [1.82, 2.24) is 0 Å². The fourth-order valence-corrected chi connectivity index (χ4v) is 1.49. The van der Waals surface area contributed by atoms with Gasteiger partial charge in [-0.25, -0.2) is 0 Å². The lowest BCUT2D eigenvalue weighted by molar-refractivity contribution is -0.385. The third-order valence-corrected chi connectivity index (χ3v) is 2.40. The summed E-state index contributed by atoms with van der Waals surface area (Å²) < 4.78 is 9.35. The molecule has 0 saturated carbocycles. The van der Waals surface area contributed by atoms with Crippen molar-refractivity contribution in [3.63, 3.8) is 0 Å². The highest BCUT2D eigenvalue weighted by molar-refractivity contribution is 5.75. The summed E-state index contributed by atoms with van der Waals surface area (Å²) in [5.74, 6) is -0.399. The van der Waals surface area contributed by atoms with Gasteiger partial charge in [0.15, 0.2) is 5.75 Å². The largest absolute Gasteiger partial charge is 0.490 e. The number of nitrogens with zero attached hydrogens (tertiary/aromatic N) is 1. The highest BCUT2D eigenvalue weighted by Crippen LogP contribution is 2.27. The SMILES string of the molecule is COC(=O)[C@@H](N)Cc1ccc(OC)c([N+](=O)[O-])c1. The van der Waals surface area contributed by atoms with Crippen LogP contribution in [0, 0.1) is 10.1 Å². The minimum Gasteiger partial charge on any atom is -0.490 e. The van der Waals surface area contributed by atoms with Gasteiger partial charge < -0.3 is 15.2 Å². The number of esters is 1. The Hall–Kier alpha value is -2.15. The van der Waals surface area contributed by atoms with Crippen LogP contribution in [-0.2, 0) is 16.0 Å². The molecule has 0 heterocycles. The first kappa shape index (κ1) is 13.9. The maximum Gasteiger partial charge on any atom is 0.322 e. The second kappa shape index (κ2) is 5.97. The van der Waals surface area contributed by atoms with Crippen LogP contribution in [0.3, 0.4) is 0 Å². The van der Waals surface area contributed by atoms with Crippen molar-refractivity contribution in [3.05, 3.63) is 33.9 Å². The molecule has 1 aromatic carbocycles. The molecule has 0 spiro atoms. The minimum absolute atomic E-state index is 0.160. The number of methoxy groups -OCH3 is 2. The summed E-state index contributed by atoms with van der Waals surface area (Å²) in [4.78, 5) is 21.4. The van der Waals surface area contributed by atoms with Crippen molar-refractivity contribution >= 4 is 11.7 Å². The lowest BCUT2D eigenvalue weighted by atomic mass is 10.1. The van der Waals surface area contributed by atoms with Gasteiger partial charge in [-0.15, -0.1) is 0 Å². The lowest BCUT2D eigenvalue weighted by Gasteiger charge is -2.09. The van der Waals surface area contributed by atoms with Gasteiger partial charge in [-0.1, -0.05) is 6.07 Å². The summed E-state index contributed by atoms with van der Waals surface area (Å²) in [7, 11) is 2.58. The molecular weight excluding hydrogens is 240 g/mol. The lowest BCUT2D eigenvalue weighted by Crippen LogP contribution is -2.33. The first-order chi connectivity index (χ1) is 8.49. The number of ether oxygens (including phenoxy) is 2. The molecule has 7 nitrogen and oxygen atoms in total. The van der Waals surface area contributed by atoms with E-state index in [0.717, 1.165) is 0 Å². The normalized spacial score (nSPS) is 11.7. The van der Waals surface area contributed by atoms with Crippen LogP contribution in [0.15, 0.2) is 18.2 Å². The molecule has 2 N–H and O–H groups in total. The van der Waals surface area contributed by atoms with E-state index in [1.54, 1.807) is 6.07 Å². The van der Waals surface area contributed by atoms with E-state index in [9.17, 15) is 14.9 Å². The molecule has 0 saturated heterocycles. The predicted octanol–water partition coefficient (Wildman–Crippen LogP) is 0.646. The Morgan fingerprint density at radius 1 is 1.50 bits per heavy atom. The van der Waals surface area contributed by atoms with Gasteiger partial charge in [-0.2, -0.15) is 0 Å². The Morgan fingerprint density at radius 3 is 2.67 bits per heavy atom. The number of rotatable bonds is 5. The third-order valence-electron chi connectivity index (χ3n) is 2.40. The number of hydrogen-bond donors (Lipinski definition) is 1. The Balaban J connectivity index is 2.95. The molecule has 0 bridgehead atoms. The predicted molar refractivity (Wildman–Crippen MR) is 63.3 cm³/mol. The Morgan fingerprint density at radius 2 is 2.17 bits per heavy atom. The van der Waals surface area contributed by atoms with E-state index in [-0.39, 0.29) is 17.9 Å². The fourth-order valence-electron chi connectivity index (χ4n) is 1.49. The van der Waals surface area contributed by atoms with Crippen molar-refractivity contribution in [1.29, 1.82) is 0 Å². The Bertz CT molecular complexity index is 461. The Labute approximate surface area is 104 Å². The summed E-state index contributed by atoms with van der Waals surface area (Å²) >= 11 is 0. The van der Waals surface area contributed by atoms with Crippen LogP contribution < -0.4 is 10.5 Å². The summed E-state index contributed by atoms with van der Waals surface area (Å²) in [6, 6.07) is 3.58. The number of nitrogens with two attached hydrogens (primary N) is 1. The molecule has 0 radical (unpaired) electrons. The van der Waals surface area contributed by atoms with Crippen LogP contribution in [-0.4, -0.2) is 31.2 Å². The monoisotopic (exact) mass is 254 g/mol. The van der Waals surface area contributed by atoms with Crippen molar-refractivity contribution in [2.45, 2.75) is 12.5 Å². The van der Waals surface area contributed by atoms with E-state index in [4.69, 9.17) is 10.5 Å². The van der Waals surface area contributed by atoms with Crippen molar-refractivity contribution < 1.29 is 19.2 Å². The average Bonchev–Trinajstić information content (AvgIpc) is 2.37. The van der Waals surface area contributed by atoms with Crippen LogP contribution in [0.25, 0.3) is 0 Å². The molecule has 98 valence electrons. The average molecular weight is 254 g/mol. The molecule has 0 unspecified atom stereocenters. The molecule has 1 aromatic rings. The van der Waals surface area contributed by atoms with Gasteiger partial charge in [0, 0.05) is 6.07 Å². The van der Waals surface area contributed by atoms with Crippen LogP contribution in [0.5, 0.6) is 5.75 Å². The molecule has 0 aromatic heterocycles. The van der Waals surface area contributed by atoms with E-state index in [1.807, 2.05) is 0 Å². The molecule has 0 fully saturated rings. The zero-order valence-electron chi connectivity index (χ0n) is 10.1. The number of nitro groups is 1. The molecule has 0 aliphatic carbocycles. The first-order valence-electron chi connectivity index (χ1n) is 5.14. The number of benzene rings is 1.